The highest BCUT2D eigenvalue weighted by Crippen LogP contribution is 2.31. The van der Waals surface area contributed by atoms with Crippen molar-refractivity contribution in [1.29, 1.82) is 0 Å². The molecule has 2 unspecified atom stereocenters. The first-order valence-electron chi connectivity index (χ1n) is 7.92. The molecule has 3 heterocycles. The summed E-state index contributed by atoms with van der Waals surface area (Å²) in [7, 11) is 0. The minimum absolute atomic E-state index is 0.909. The fourth-order valence-electron chi connectivity index (χ4n) is 4.05. The molecule has 0 amide bonds. The second-order valence-electron chi connectivity index (χ2n) is 6.47. The smallest absolute Gasteiger partial charge is 0.0468 e. The zero-order chi connectivity index (χ0) is 12.2. The Morgan fingerprint density at radius 3 is 2.72 bits per heavy atom. The topological polar surface area (TPSA) is 24.5 Å². The van der Waals surface area contributed by atoms with Crippen molar-refractivity contribution in [3.63, 3.8) is 0 Å². The number of nitrogens with one attached hydrogen (secondary N) is 1. The summed E-state index contributed by atoms with van der Waals surface area (Å²) in [6, 6.07) is 0. The predicted octanol–water partition coefficient (Wildman–Crippen LogP) is 1.73. The molecule has 0 saturated carbocycles. The molecule has 3 saturated heterocycles. The summed E-state index contributed by atoms with van der Waals surface area (Å²) in [6.07, 6.45) is 6.87. The van der Waals surface area contributed by atoms with E-state index in [9.17, 15) is 0 Å². The van der Waals surface area contributed by atoms with Crippen molar-refractivity contribution < 1.29 is 4.74 Å². The summed E-state index contributed by atoms with van der Waals surface area (Å²) in [5.41, 5.74) is 0. The van der Waals surface area contributed by atoms with Gasteiger partial charge in [0.05, 0.1) is 0 Å². The van der Waals surface area contributed by atoms with Crippen LogP contribution in [0.1, 0.15) is 32.1 Å². The zero-order valence-electron chi connectivity index (χ0n) is 11.6. The monoisotopic (exact) mass is 252 g/mol. The molecule has 1 N–H and O–H groups in total. The van der Waals surface area contributed by atoms with Crippen molar-refractivity contribution >= 4 is 0 Å². The van der Waals surface area contributed by atoms with E-state index >= 15 is 0 Å². The SMILES string of the molecule is C1CNCC(CN2CCC(C3CCOCC3)C2)C1. The molecule has 0 bridgehead atoms. The fraction of sp³-hybridized carbons (Fsp3) is 1.00. The van der Waals surface area contributed by atoms with Gasteiger partial charge in [0.2, 0.25) is 0 Å². The molecule has 3 aliphatic rings. The second kappa shape index (κ2) is 6.36. The summed E-state index contributed by atoms with van der Waals surface area (Å²) in [5, 5.41) is 3.54. The number of nitrogens with zero attached hydrogens (tertiary/aromatic N) is 1. The van der Waals surface area contributed by atoms with Gasteiger partial charge in [-0.3, -0.25) is 0 Å². The fourth-order valence-corrected chi connectivity index (χ4v) is 4.05. The molecule has 2 atom stereocenters. The Balaban J connectivity index is 1.42. The minimum Gasteiger partial charge on any atom is -0.381 e. The van der Waals surface area contributed by atoms with E-state index in [1.54, 1.807) is 0 Å². The van der Waals surface area contributed by atoms with Gasteiger partial charge in [0.25, 0.3) is 0 Å². The molecule has 104 valence electrons. The lowest BCUT2D eigenvalue weighted by atomic mass is 9.85. The van der Waals surface area contributed by atoms with Crippen molar-refractivity contribution in [3.8, 4) is 0 Å². The Morgan fingerprint density at radius 2 is 1.94 bits per heavy atom. The summed E-state index contributed by atoms with van der Waals surface area (Å²) in [5.74, 6) is 2.82. The molecular formula is C15H28N2O. The highest BCUT2D eigenvalue weighted by Gasteiger charge is 2.31. The van der Waals surface area contributed by atoms with E-state index in [2.05, 4.69) is 10.2 Å². The van der Waals surface area contributed by atoms with E-state index < -0.39 is 0 Å². The molecule has 18 heavy (non-hydrogen) atoms. The second-order valence-corrected chi connectivity index (χ2v) is 6.47. The van der Waals surface area contributed by atoms with Crippen LogP contribution in [0.4, 0.5) is 0 Å². The lowest BCUT2D eigenvalue weighted by molar-refractivity contribution is 0.0475. The molecule has 0 aliphatic carbocycles. The van der Waals surface area contributed by atoms with E-state index in [1.165, 1.54) is 64.8 Å². The maximum Gasteiger partial charge on any atom is 0.0468 e. The number of piperidine rings is 1. The predicted molar refractivity (Wildman–Crippen MR) is 73.7 cm³/mol. The van der Waals surface area contributed by atoms with E-state index in [4.69, 9.17) is 4.74 Å². The highest BCUT2D eigenvalue weighted by molar-refractivity contribution is 4.84. The Morgan fingerprint density at radius 1 is 1.06 bits per heavy atom. The van der Waals surface area contributed by atoms with Gasteiger partial charge in [-0.05, 0) is 69.5 Å². The maximum atomic E-state index is 5.49. The molecule has 0 aromatic rings. The van der Waals surface area contributed by atoms with Crippen molar-refractivity contribution in [3.05, 3.63) is 0 Å². The van der Waals surface area contributed by atoms with Crippen LogP contribution in [0.5, 0.6) is 0 Å². The molecule has 3 aliphatic heterocycles. The van der Waals surface area contributed by atoms with E-state index in [-0.39, 0.29) is 0 Å². The van der Waals surface area contributed by atoms with Gasteiger partial charge in [-0.1, -0.05) is 0 Å². The van der Waals surface area contributed by atoms with Crippen LogP contribution < -0.4 is 5.32 Å². The third kappa shape index (κ3) is 3.25. The number of hydrogen-bond donors (Lipinski definition) is 1. The largest absolute Gasteiger partial charge is 0.381 e. The molecule has 0 radical (unpaired) electrons. The Hall–Kier alpha value is -0.120. The summed E-state index contributed by atoms with van der Waals surface area (Å²) >= 11 is 0. The Bertz CT molecular complexity index is 247. The lowest BCUT2D eigenvalue weighted by Crippen LogP contribution is -2.37. The first-order valence-corrected chi connectivity index (χ1v) is 7.92. The third-order valence-corrected chi connectivity index (χ3v) is 5.16. The van der Waals surface area contributed by atoms with E-state index in [0.717, 1.165) is 31.0 Å². The van der Waals surface area contributed by atoms with Crippen molar-refractivity contribution in [2.24, 2.45) is 17.8 Å². The number of hydrogen-bond acceptors (Lipinski definition) is 3. The zero-order valence-corrected chi connectivity index (χ0v) is 11.6. The minimum atomic E-state index is 0.909. The highest BCUT2D eigenvalue weighted by atomic mass is 16.5. The van der Waals surface area contributed by atoms with Gasteiger partial charge in [-0.25, -0.2) is 0 Å². The van der Waals surface area contributed by atoms with Crippen LogP contribution in [0.15, 0.2) is 0 Å². The average Bonchev–Trinajstić information content (AvgIpc) is 2.89. The molecule has 0 spiro atoms. The van der Waals surface area contributed by atoms with Crippen molar-refractivity contribution in [1.82, 2.24) is 10.2 Å². The van der Waals surface area contributed by atoms with Crippen LogP contribution in [-0.2, 0) is 4.74 Å². The molecule has 3 heteroatoms. The van der Waals surface area contributed by atoms with Crippen LogP contribution in [-0.4, -0.2) is 50.8 Å². The van der Waals surface area contributed by atoms with Crippen LogP contribution in [0.25, 0.3) is 0 Å². The third-order valence-electron chi connectivity index (χ3n) is 5.16. The standard InChI is InChI=1S/C15H28N2O/c1-2-13(10-16-6-1)11-17-7-3-15(12-17)14-4-8-18-9-5-14/h13-16H,1-12H2. The van der Waals surface area contributed by atoms with Gasteiger partial charge in [-0.2, -0.15) is 0 Å². The summed E-state index contributed by atoms with van der Waals surface area (Å²) < 4.78 is 5.49. The van der Waals surface area contributed by atoms with E-state index in [0.29, 0.717) is 0 Å². The van der Waals surface area contributed by atoms with Gasteiger partial charge in [0.15, 0.2) is 0 Å². The number of ether oxygens (including phenoxy) is 1. The van der Waals surface area contributed by atoms with Gasteiger partial charge in [-0.15, -0.1) is 0 Å². The van der Waals surface area contributed by atoms with Crippen LogP contribution >= 0.6 is 0 Å². The van der Waals surface area contributed by atoms with Crippen LogP contribution in [0.3, 0.4) is 0 Å². The molecule has 3 nitrogen and oxygen atoms in total. The van der Waals surface area contributed by atoms with Gasteiger partial charge >= 0.3 is 0 Å². The molecule has 3 rings (SSSR count). The Labute approximate surface area is 111 Å². The van der Waals surface area contributed by atoms with E-state index in [1.807, 2.05) is 0 Å². The van der Waals surface area contributed by atoms with Gasteiger partial charge in [0.1, 0.15) is 0 Å². The normalized spacial score (nSPS) is 36.0. The molecular weight excluding hydrogens is 224 g/mol. The maximum absolute atomic E-state index is 5.49. The summed E-state index contributed by atoms with van der Waals surface area (Å²) in [6.45, 7) is 8.55. The Kier molecular flexibility index (Phi) is 4.55. The van der Waals surface area contributed by atoms with Gasteiger partial charge < -0.3 is 15.0 Å². The molecule has 3 fully saturated rings. The van der Waals surface area contributed by atoms with Crippen LogP contribution in [0, 0.1) is 17.8 Å². The average molecular weight is 252 g/mol. The number of rotatable bonds is 3. The van der Waals surface area contributed by atoms with Crippen molar-refractivity contribution in [2.75, 3.05) is 45.9 Å². The molecule has 0 aromatic heterocycles. The quantitative estimate of drug-likeness (QED) is 0.828. The first kappa shape index (κ1) is 12.9. The van der Waals surface area contributed by atoms with Gasteiger partial charge in [0, 0.05) is 26.3 Å². The van der Waals surface area contributed by atoms with Crippen LogP contribution in [0.2, 0.25) is 0 Å². The first-order chi connectivity index (χ1) is 8.92. The lowest BCUT2D eigenvalue weighted by Gasteiger charge is -2.29. The van der Waals surface area contributed by atoms with Crippen molar-refractivity contribution in [2.45, 2.75) is 32.1 Å². The summed E-state index contributed by atoms with van der Waals surface area (Å²) in [4.78, 5) is 2.73. The molecule has 0 aromatic carbocycles. The number of likely N-dealkylation sites (tertiary alicyclic amines) is 1.